The molecule has 0 aliphatic heterocycles. The molecule has 2 nitrogen and oxygen atoms in total. The minimum atomic E-state index is -0.305. The molecular weight excluding hydrogens is 344 g/mol. The number of hydrogen-bond donors (Lipinski definition) is 1. The molecule has 116 valence electrons. The standard InChI is InChI=1S/C16H14Cl2FNOS/c17-13-5-2-1-4-11(13)16(21)20-8-9-22-10-12-14(18)6-3-7-15(12)19/h1-7H,8-10H2,(H,20,21). The van der Waals surface area contributed by atoms with Crippen molar-refractivity contribution in [2.45, 2.75) is 5.75 Å². The van der Waals surface area contributed by atoms with Gasteiger partial charge in [-0.05, 0) is 24.3 Å². The van der Waals surface area contributed by atoms with Crippen LogP contribution >= 0.6 is 35.0 Å². The topological polar surface area (TPSA) is 29.1 Å². The quantitative estimate of drug-likeness (QED) is 0.752. The van der Waals surface area contributed by atoms with Crippen LogP contribution in [0.15, 0.2) is 42.5 Å². The summed E-state index contributed by atoms with van der Waals surface area (Å²) >= 11 is 13.4. The summed E-state index contributed by atoms with van der Waals surface area (Å²) in [6.45, 7) is 0.473. The molecule has 0 atom stereocenters. The van der Waals surface area contributed by atoms with Gasteiger partial charge in [0.1, 0.15) is 5.82 Å². The fourth-order valence-electron chi connectivity index (χ4n) is 1.82. The normalized spacial score (nSPS) is 10.5. The van der Waals surface area contributed by atoms with Crippen molar-refractivity contribution in [3.8, 4) is 0 Å². The average Bonchev–Trinajstić information content (AvgIpc) is 2.49. The van der Waals surface area contributed by atoms with Crippen molar-refractivity contribution in [1.29, 1.82) is 0 Å². The van der Waals surface area contributed by atoms with Gasteiger partial charge in [0.25, 0.3) is 5.91 Å². The van der Waals surface area contributed by atoms with E-state index >= 15 is 0 Å². The van der Waals surface area contributed by atoms with Crippen molar-refractivity contribution >= 4 is 40.9 Å². The highest BCUT2D eigenvalue weighted by Crippen LogP contribution is 2.23. The molecular formula is C16H14Cl2FNOS. The zero-order valence-electron chi connectivity index (χ0n) is 11.6. The van der Waals surface area contributed by atoms with Crippen LogP contribution < -0.4 is 5.32 Å². The Morgan fingerprint density at radius 3 is 2.55 bits per heavy atom. The van der Waals surface area contributed by atoms with Crippen molar-refractivity contribution < 1.29 is 9.18 Å². The second-order valence-electron chi connectivity index (χ2n) is 4.49. The molecule has 0 aromatic heterocycles. The fourth-order valence-corrected chi connectivity index (χ4v) is 3.24. The summed E-state index contributed by atoms with van der Waals surface area (Å²) in [6.07, 6.45) is 0. The lowest BCUT2D eigenvalue weighted by atomic mass is 10.2. The minimum absolute atomic E-state index is 0.213. The number of halogens is 3. The molecule has 22 heavy (non-hydrogen) atoms. The Morgan fingerprint density at radius 2 is 1.82 bits per heavy atom. The summed E-state index contributed by atoms with van der Waals surface area (Å²) in [7, 11) is 0. The van der Waals surface area contributed by atoms with Gasteiger partial charge >= 0.3 is 0 Å². The van der Waals surface area contributed by atoms with Gasteiger partial charge in [0, 0.05) is 28.6 Å². The highest BCUT2D eigenvalue weighted by molar-refractivity contribution is 7.98. The number of hydrogen-bond acceptors (Lipinski definition) is 2. The van der Waals surface area contributed by atoms with Crippen LogP contribution in [0.25, 0.3) is 0 Å². The van der Waals surface area contributed by atoms with Crippen LogP contribution in [0, 0.1) is 5.82 Å². The van der Waals surface area contributed by atoms with Crippen molar-refractivity contribution in [3.63, 3.8) is 0 Å². The van der Waals surface area contributed by atoms with Gasteiger partial charge in [0.05, 0.1) is 10.6 Å². The molecule has 1 N–H and O–H groups in total. The predicted molar refractivity (Wildman–Crippen MR) is 91.4 cm³/mol. The van der Waals surface area contributed by atoms with Crippen LogP contribution in [0.5, 0.6) is 0 Å². The van der Waals surface area contributed by atoms with Crippen molar-refractivity contribution in [2.24, 2.45) is 0 Å². The molecule has 0 fully saturated rings. The summed E-state index contributed by atoms with van der Waals surface area (Å²) in [5.41, 5.74) is 0.943. The second-order valence-corrected chi connectivity index (χ2v) is 6.41. The first-order valence-electron chi connectivity index (χ1n) is 6.63. The summed E-state index contributed by atoms with van der Waals surface area (Å²) < 4.78 is 13.6. The maximum absolute atomic E-state index is 13.6. The Labute approximate surface area is 143 Å². The Balaban J connectivity index is 1.76. The van der Waals surface area contributed by atoms with Crippen LogP contribution in [0.4, 0.5) is 4.39 Å². The van der Waals surface area contributed by atoms with Gasteiger partial charge in [-0.2, -0.15) is 11.8 Å². The van der Waals surface area contributed by atoms with Gasteiger partial charge in [-0.1, -0.05) is 41.4 Å². The molecule has 0 aliphatic rings. The van der Waals surface area contributed by atoms with E-state index in [4.69, 9.17) is 23.2 Å². The fraction of sp³-hybridized carbons (Fsp3) is 0.188. The number of nitrogens with one attached hydrogen (secondary N) is 1. The molecule has 2 aromatic rings. The number of thioether (sulfide) groups is 1. The number of benzene rings is 2. The van der Waals surface area contributed by atoms with E-state index < -0.39 is 0 Å². The molecule has 0 saturated heterocycles. The van der Waals surface area contributed by atoms with Crippen LogP contribution in [0.1, 0.15) is 15.9 Å². The third-order valence-electron chi connectivity index (χ3n) is 2.96. The van der Waals surface area contributed by atoms with Crippen LogP contribution in [-0.2, 0) is 5.75 Å². The van der Waals surface area contributed by atoms with Gasteiger partial charge in [-0.15, -0.1) is 0 Å². The van der Waals surface area contributed by atoms with E-state index in [9.17, 15) is 9.18 Å². The zero-order valence-corrected chi connectivity index (χ0v) is 13.9. The first kappa shape index (κ1) is 17.1. The highest BCUT2D eigenvalue weighted by Gasteiger charge is 2.09. The molecule has 0 saturated carbocycles. The monoisotopic (exact) mass is 357 g/mol. The Bertz CT molecular complexity index is 646. The molecule has 0 heterocycles. The Hall–Kier alpha value is -1.23. The average molecular weight is 358 g/mol. The highest BCUT2D eigenvalue weighted by atomic mass is 35.5. The summed E-state index contributed by atoms with van der Waals surface area (Å²) in [4.78, 5) is 11.9. The number of carbonyl (C=O) groups excluding carboxylic acids is 1. The molecule has 0 unspecified atom stereocenters. The van der Waals surface area contributed by atoms with Gasteiger partial charge in [-0.25, -0.2) is 4.39 Å². The van der Waals surface area contributed by atoms with E-state index in [-0.39, 0.29) is 11.7 Å². The van der Waals surface area contributed by atoms with E-state index in [0.29, 0.717) is 39.2 Å². The van der Waals surface area contributed by atoms with E-state index in [1.807, 2.05) is 0 Å². The molecule has 6 heteroatoms. The molecule has 1 amide bonds. The van der Waals surface area contributed by atoms with E-state index in [1.165, 1.54) is 17.8 Å². The van der Waals surface area contributed by atoms with Crippen molar-refractivity contribution in [2.75, 3.05) is 12.3 Å². The van der Waals surface area contributed by atoms with Gasteiger partial charge in [0.15, 0.2) is 0 Å². The molecule has 0 radical (unpaired) electrons. The summed E-state index contributed by atoms with van der Waals surface area (Å²) in [5.74, 6) is 0.601. The maximum atomic E-state index is 13.6. The second kappa shape index (κ2) is 8.42. The number of rotatable bonds is 6. The van der Waals surface area contributed by atoms with E-state index in [0.717, 1.165) is 0 Å². The first-order chi connectivity index (χ1) is 10.6. The molecule has 0 bridgehead atoms. The van der Waals surface area contributed by atoms with Gasteiger partial charge in [0.2, 0.25) is 0 Å². The van der Waals surface area contributed by atoms with Crippen molar-refractivity contribution in [3.05, 3.63) is 69.5 Å². The Morgan fingerprint density at radius 1 is 1.09 bits per heavy atom. The zero-order chi connectivity index (χ0) is 15.9. The lowest BCUT2D eigenvalue weighted by Crippen LogP contribution is -2.26. The molecule has 0 spiro atoms. The van der Waals surface area contributed by atoms with Gasteiger partial charge < -0.3 is 5.32 Å². The third-order valence-corrected chi connectivity index (χ3v) is 4.63. The summed E-state index contributed by atoms with van der Waals surface area (Å²) in [5, 5.41) is 3.63. The maximum Gasteiger partial charge on any atom is 0.252 e. The lowest BCUT2D eigenvalue weighted by Gasteiger charge is -2.08. The largest absolute Gasteiger partial charge is 0.351 e. The first-order valence-corrected chi connectivity index (χ1v) is 8.54. The van der Waals surface area contributed by atoms with E-state index in [2.05, 4.69) is 5.32 Å². The predicted octanol–water partition coefficient (Wildman–Crippen LogP) is 4.80. The van der Waals surface area contributed by atoms with Crippen molar-refractivity contribution in [1.82, 2.24) is 5.32 Å². The van der Waals surface area contributed by atoms with E-state index in [1.54, 1.807) is 36.4 Å². The van der Waals surface area contributed by atoms with Crippen LogP contribution in [0.2, 0.25) is 10.0 Å². The lowest BCUT2D eigenvalue weighted by molar-refractivity contribution is 0.0956. The van der Waals surface area contributed by atoms with Crippen LogP contribution in [0.3, 0.4) is 0 Å². The Kier molecular flexibility index (Phi) is 6.55. The molecule has 0 aliphatic carbocycles. The summed E-state index contributed by atoms with van der Waals surface area (Å²) in [6, 6.07) is 11.5. The third kappa shape index (κ3) is 4.63. The smallest absolute Gasteiger partial charge is 0.252 e. The SMILES string of the molecule is O=C(NCCSCc1c(F)cccc1Cl)c1ccccc1Cl. The minimum Gasteiger partial charge on any atom is -0.351 e. The number of carbonyl (C=O) groups is 1. The van der Waals surface area contributed by atoms with Crippen LogP contribution in [-0.4, -0.2) is 18.2 Å². The number of amides is 1. The van der Waals surface area contributed by atoms with Gasteiger partial charge in [-0.3, -0.25) is 4.79 Å². The molecule has 2 aromatic carbocycles. The molecule has 2 rings (SSSR count).